The van der Waals surface area contributed by atoms with Crippen LogP contribution in [0.25, 0.3) is 5.65 Å². The molecule has 3 heterocycles. The molecular formula is C10H13N5OS. The van der Waals surface area contributed by atoms with Gasteiger partial charge in [-0.2, -0.15) is 16.9 Å². The van der Waals surface area contributed by atoms with E-state index < -0.39 is 0 Å². The molecule has 7 heteroatoms. The zero-order valence-electron chi connectivity index (χ0n) is 9.22. The molecule has 0 aromatic carbocycles. The zero-order chi connectivity index (χ0) is 11.7. The summed E-state index contributed by atoms with van der Waals surface area (Å²) in [6, 6.07) is 2.27. The van der Waals surface area contributed by atoms with Crippen molar-refractivity contribution < 1.29 is 0 Å². The van der Waals surface area contributed by atoms with Gasteiger partial charge in [0.25, 0.3) is 0 Å². The molecule has 2 aromatic rings. The Morgan fingerprint density at radius 3 is 3.12 bits per heavy atom. The molecule has 2 N–H and O–H groups in total. The first-order valence-electron chi connectivity index (χ1n) is 5.60. The molecule has 90 valence electrons. The van der Waals surface area contributed by atoms with Crippen LogP contribution in [0.4, 0.5) is 5.82 Å². The third kappa shape index (κ3) is 2.14. The highest BCUT2D eigenvalue weighted by molar-refractivity contribution is 7.99. The van der Waals surface area contributed by atoms with E-state index in [1.165, 1.54) is 22.2 Å². The van der Waals surface area contributed by atoms with E-state index in [-0.39, 0.29) is 5.69 Å². The van der Waals surface area contributed by atoms with Crippen LogP contribution in [0.1, 0.15) is 12.8 Å². The average Bonchev–Trinajstić information content (AvgIpc) is 2.72. The highest BCUT2D eigenvalue weighted by atomic mass is 32.2. The molecule has 3 rings (SSSR count). The number of thioether (sulfide) groups is 1. The lowest BCUT2D eigenvalue weighted by molar-refractivity contribution is 0.663. The summed E-state index contributed by atoms with van der Waals surface area (Å²) in [5.41, 5.74) is 0.339. The molecule has 1 saturated heterocycles. The Labute approximate surface area is 102 Å². The third-order valence-electron chi connectivity index (χ3n) is 2.88. The highest BCUT2D eigenvalue weighted by Crippen LogP contribution is 2.20. The molecule has 0 unspecified atom stereocenters. The van der Waals surface area contributed by atoms with Crippen molar-refractivity contribution in [2.24, 2.45) is 0 Å². The van der Waals surface area contributed by atoms with Crippen molar-refractivity contribution >= 4 is 23.2 Å². The van der Waals surface area contributed by atoms with Gasteiger partial charge in [-0.15, -0.1) is 0 Å². The minimum atomic E-state index is -0.256. The molecule has 0 spiro atoms. The van der Waals surface area contributed by atoms with Gasteiger partial charge in [0.15, 0.2) is 5.65 Å². The predicted molar refractivity (Wildman–Crippen MR) is 67.6 cm³/mol. The molecule has 1 aliphatic rings. The van der Waals surface area contributed by atoms with Crippen LogP contribution in [0.3, 0.4) is 0 Å². The lowest BCUT2D eigenvalue weighted by Gasteiger charge is -2.22. The number of nitrogens with zero attached hydrogens (tertiary/aromatic N) is 3. The maximum absolute atomic E-state index is 11.3. The maximum Gasteiger partial charge on any atom is 0.348 e. The van der Waals surface area contributed by atoms with Crippen molar-refractivity contribution in [3.05, 3.63) is 22.9 Å². The summed E-state index contributed by atoms with van der Waals surface area (Å²) < 4.78 is 1.39. The highest BCUT2D eigenvalue weighted by Gasteiger charge is 2.14. The topological polar surface area (TPSA) is 75.1 Å². The number of rotatable bonds is 2. The number of hydrogen-bond acceptors (Lipinski definition) is 5. The van der Waals surface area contributed by atoms with Crippen molar-refractivity contribution in [3.8, 4) is 0 Å². The van der Waals surface area contributed by atoms with Crippen molar-refractivity contribution in [2.45, 2.75) is 18.9 Å². The quantitative estimate of drug-likeness (QED) is 0.823. The van der Waals surface area contributed by atoms with Gasteiger partial charge in [-0.3, -0.25) is 0 Å². The minimum Gasteiger partial charge on any atom is -0.367 e. The average molecular weight is 251 g/mol. The SMILES string of the molecule is O=c1[nH]nc2cc(NC3CCSCC3)ncn12. The Hall–Kier alpha value is -1.50. The molecule has 0 amide bonds. The second-order valence-electron chi connectivity index (χ2n) is 4.06. The molecule has 0 bridgehead atoms. The summed E-state index contributed by atoms with van der Waals surface area (Å²) in [5.74, 6) is 3.18. The van der Waals surface area contributed by atoms with E-state index in [0.717, 1.165) is 18.7 Å². The zero-order valence-corrected chi connectivity index (χ0v) is 10.0. The number of H-pyrrole nitrogens is 1. The predicted octanol–water partition coefficient (Wildman–Crippen LogP) is 0.725. The van der Waals surface area contributed by atoms with Gasteiger partial charge in [-0.1, -0.05) is 0 Å². The first kappa shape index (κ1) is 10.6. The van der Waals surface area contributed by atoms with Crippen molar-refractivity contribution in [1.82, 2.24) is 19.6 Å². The second kappa shape index (κ2) is 4.40. The van der Waals surface area contributed by atoms with Gasteiger partial charge in [0.05, 0.1) is 0 Å². The fraction of sp³-hybridized carbons (Fsp3) is 0.500. The van der Waals surface area contributed by atoms with E-state index in [2.05, 4.69) is 20.5 Å². The summed E-state index contributed by atoms with van der Waals surface area (Å²) in [5, 5.41) is 9.70. The van der Waals surface area contributed by atoms with Crippen LogP contribution >= 0.6 is 11.8 Å². The van der Waals surface area contributed by atoms with E-state index in [1.54, 1.807) is 6.07 Å². The van der Waals surface area contributed by atoms with Crippen LogP contribution in [0.15, 0.2) is 17.2 Å². The summed E-state index contributed by atoms with van der Waals surface area (Å²) in [6.07, 6.45) is 3.82. The molecule has 1 aliphatic heterocycles. The fourth-order valence-corrected chi connectivity index (χ4v) is 3.05. The van der Waals surface area contributed by atoms with E-state index in [4.69, 9.17) is 0 Å². The number of aromatic amines is 1. The van der Waals surface area contributed by atoms with Crippen LogP contribution < -0.4 is 11.0 Å². The van der Waals surface area contributed by atoms with Gasteiger partial charge >= 0.3 is 5.69 Å². The Morgan fingerprint density at radius 2 is 2.29 bits per heavy atom. The number of nitrogens with one attached hydrogen (secondary N) is 2. The van der Waals surface area contributed by atoms with Gasteiger partial charge in [0.1, 0.15) is 12.1 Å². The second-order valence-corrected chi connectivity index (χ2v) is 5.29. The lowest BCUT2D eigenvalue weighted by atomic mass is 10.1. The van der Waals surface area contributed by atoms with E-state index in [0.29, 0.717) is 11.7 Å². The molecular weight excluding hydrogens is 238 g/mol. The van der Waals surface area contributed by atoms with Gasteiger partial charge in [0.2, 0.25) is 0 Å². The van der Waals surface area contributed by atoms with E-state index in [9.17, 15) is 4.79 Å². The summed E-state index contributed by atoms with van der Waals surface area (Å²) in [4.78, 5) is 15.5. The Balaban J connectivity index is 1.82. The summed E-state index contributed by atoms with van der Waals surface area (Å²) >= 11 is 1.99. The largest absolute Gasteiger partial charge is 0.367 e. The first-order valence-corrected chi connectivity index (χ1v) is 6.75. The van der Waals surface area contributed by atoms with E-state index in [1.807, 2.05) is 11.8 Å². The van der Waals surface area contributed by atoms with Crippen LogP contribution in [0.5, 0.6) is 0 Å². The summed E-state index contributed by atoms with van der Waals surface area (Å²) in [7, 11) is 0. The van der Waals surface area contributed by atoms with E-state index >= 15 is 0 Å². The van der Waals surface area contributed by atoms with Gasteiger partial charge in [-0.25, -0.2) is 19.3 Å². The summed E-state index contributed by atoms with van der Waals surface area (Å²) in [6.45, 7) is 0. The fourth-order valence-electron chi connectivity index (χ4n) is 1.94. The molecule has 2 aromatic heterocycles. The first-order chi connectivity index (χ1) is 8.33. The number of hydrogen-bond donors (Lipinski definition) is 2. The molecule has 6 nitrogen and oxygen atoms in total. The number of fused-ring (bicyclic) bond motifs is 1. The monoisotopic (exact) mass is 251 g/mol. The van der Waals surface area contributed by atoms with Crippen LogP contribution in [0, 0.1) is 0 Å². The molecule has 0 radical (unpaired) electrons. The Morgan fingerprint density at radius 1 is 1.47 bits per heavy atom. The van der Waals surface area contributed by atoms with Crippen LogP contribution in [-0.2, 0) is 0 Å². The van der Waals surface area contributed by atoms with Gasteiger partial charge in [0, 0.05) is 12.1 Å². The Bertz CT molecular complexity index is 571. The van der Waals surface area contributed by atoms with Crippen LogP contribution in [-0.4, -0.2) is 37.1 Å². The molecule has 0 saturated carbocycles. The smallest absolute Gasteiger partial charge is 0.348 e. The van der Waals surface area contributed by atoms with Crippen molar-refractivity contribution in [1.29, 1.82) is 0 Å². The van der Waals surface area contributed by atoms with Crippen molar-refractivity contribution in [3.63, 3.8) is 0 Å². The molecule has 1 fully saturated rings. The van der Waals surface area contributed by atoms with Gasteiger partial charge < -0.3 is 5.32 Å². The normalized spacial score (nSPS) is 17.4. The van der Waals surface area contributed by atoms with Crippen LogP contribution in [0.2, 0.25) is 0 Å². The molecule has 17 heavy (non-hydrogen) atoms. The standard InChI is InChI=1S/C10H13N5OS/c16-10-14-13-9-5-8(11-6-15(9)10)12-7-1-3-17-4-2-7/h5-7,12H,1-4H2,(H,14,16). The Kier molecular flexibility index (Phi) is 2.76. The van der Waals surface area contributed by atoms with Gasteiger partial charge in [-0.05, 0) is 24.3 Å². The van der Waals surface area contributed by atoms with Crippen molar-refractivity contribution in [2.75, 3.05) is 16.8 Å². The number of aromatic nitrogens is 4. The molecule has 0 atom stereocenters. The minimum absolute atomic E-state index is 0.256. The third-order valence-corrected chi connectivity index (χ3v) is 3.93. The lowest BCUT2D eigenvalue weighted by Crippen LogP contribution is -2.25. The maximum atomic E-state index is 11.3. The number of anilines is 1. The molecule has 0 aliphatic carbocycles.